The summed E-state index contributed by atoms with van der Waals surface area (Å²) in [6.07, 6.45) is 5.93. The van der Waals surface area contributed by atoms with Gasteiger partial charge in [-0.15, -0.1) is 0 Å². The van der Waals surface area contributed by atoms with Gasteiger partial charge in [-0.3, -0.25) is 4.79 Å². The molecule has 0 fully saturated rings. The molecule has 0 saturated heterocycles. The molecule has 2 rings (SSSR count). The zero-order chi connectivity index (χ0) is 8.55. The summed E-state index contributed by atoms with van der Waals surface area (Å²) in [5.74, 6) is 0.129. The average molecular weight is 157 g/mol. The molecule has 0 atom stereocenters. The van der Waals surface area contributed by atoms with Crippen LogP contribution >= 0.6 is 0 Å². The molecule has 0 saturated carbocycles. The van der Waals surface area contributed by atoms with Gasteiger partial charge in [-0.25, -0.2) is 0 Å². The van der Waals surface area contributed by atoms with Crippen molar-refractivity contribution in [3.05, 3.63) is 41.0 Å². The molecule has 0 bridgehead atoms. The van der Waals surface area contributed by atoms with Gasteiger partial charge in [-0.1, -0.05) is 18.2 Å². The summed E-state index contributed by atoms with van der Waals surface area (Å²) < 4.78 is 0. The maximum Gasteiger partial charge on any atom is 0.159 e. The van der Waals surface area contributed by atoms with Crippen LogP contribution in [0.3, 0.4) is 0 Å². The van der Waals surface area contributed by atoms with E-state index in [0.29, 0.717) is 0 Å². The molecular weight excluding hydrogens is 148 g/mol. The molecule has 0 heterocycles. The smallest absolute Gasteiger partial charge is 0.159 e. The predicted octanol–water partition coefficient (Wildman–Crippen LogP) is 2.26. The van der Waals surface area contributed by atoms with Gasteiger partial charge in [0.15, 0.2) is 5.78 Å². The fourth-order valence-corrected chi connectivity index (χ4v) is 1.39. The lowest BCUT2D eigenvalue weighted by Gasteiger charge is -2.00. The van der Waals surface area contributed by atoms with Crippen LogP contribution in [0.15, 0.2) is 18.2 Å². The van der Waals surface area contributed by atoms with Gasteiger partial charge in [0.2, 0.25) is 0 Å². The predicted molar refractivity (Wildman–Crippen MR) is 47.9 cm³/mol. The van der Waals surface area contributed by atoms with Crippen molar-refractivity contribution >= 4 is 11.9 Å². The third kappa shape index (κ3) is 1.07. The molecule has 1 aromatic carbocycles. The number of carbonyl (C=O) groups excluding carboxylic acids is 1. The molecule has 1 radical (unpaired) electrons. The number of Topliss-reactive ketones (excluding diaryl/α,β-unsaturated/α-hetero) is 1. The maximum absolute atomic E-state index is 11.0. The van der Waals surface area contributed by atoms with Crippen molar-refractivity contribution in [1.29, 1.82) is 0 Å². The number of carbonyl (C=O) groups is 1. The highest BCUT2D eigenvalue weighted by molar-refractivity contribution is 5.94. The highest BCUT2D eigenvalue weighted by Gasteiger charge is 2.07. The van der Waals surface area contributed by atoms with Gasteiger partial charge in [0.1, 0.15) is 0 Å². The van der Waals surface area contributed by atoms with Gasteiger partial charge in [0.05, 0.1) is 0 Å². The minimum absolute atomic E-state index is 0.129. The highest BCUT2D eigenvalue weighted by Crippen LogP contribution is 2.19. The second-order valence-electron chi connectivity index (χ2n) is 3.00. The van der Waals surface area contributed by atoms with Gasteiger partial charge < -0.3 is 0 Å². The van der Waals surface area contributed by atoms with Crippen LogP contribution in [0.4, 0.5) is 0 Å². The lowest BCUT2D eigenvalue weighted by atomic mass is 10.0. The molecule has 1 nitrogen and oxygen atoms in total. The number of hydrogen-bond acceptors (Lipinski definition) is 1. The largest absolute Gasteiger partial charge is 0.295 e. The zero-order valence-corrected chi connectivity index (χ0v) is 6.92. The number of ketones is 1. The van der Waals surface area contributed by atoms with Gasteiger partial charge in [0.25, 0.3) is 0 Å². The number of fused-ring (bicyclic) bond motifs is 1. The quantitative estimate of drug-likeness (QED) is 0.571. The summed E-state index contributed by atoms with van der Waals surface area (Å²) in [6.45, 7) is 1.59. The Bertz CT molecular complexity index is 361. The third-order valence-corrected chi connectivity index (χ3v) is 2.10. The van der Waals surface area contributed by atoms with Crippen LogP contribution < -0.4 is 0 Å². The first-order valence-corrected chi connectivity index (χ1v) is 3.98. The summed E-state index contributed by atoms with van der Waals surface area (Å²) in [5, 5.41) is 0. The van der Waals surface area contributed by atoms with E-state index in [4.69, 9.17) is 0 Å². The van der Waals surface area contributed by atoms with E-state index < -0.39 is 0 Å². The molecule has 0 amide bonds. The fourth-order valence-electron chi connectivity index (χ4n) is 1.39. The molecule has 0 aliphatic heterocycles. The third-order valence-electron chi connectivity index (χ3n) is 2.10. The first-order valence-electron chi connectivity index (χ1n) is 3.98. The summed E-state index contributed by atoms with van der Waals surface area (Å²) in [5.41, 5.74) is 3.20. The van der Waals surface area contributed by atoms with Gasteiger partial charge >= 0.3 is 0 Å². The number of allylic oxidation sites excluding steroid dienone is 1. The molecule has 1 aromatic rings. The average Bonchev–Trinajstić information content (AvgIpc) is 2.49. The number of hydrogen-bond donors (Lipinski definition) is 0. The Labute approximate surface area is 71.7 Å². The Balaban J connectivity index is 2.49. The Hall–Kier alpha value is -1.37. The van der Waals surface area contributed by atoms with E-state index in [1.807, 2.05) is 24.3 Å². The van der Waals surface area contributed by atoms with E-state index in [1.165, 1.54) is 11.1 Å². The van der Waals surface area contributed by atoms with Crippen molar-refractivity contribution in [3.63, 3.8) is 0 Å². The van der Waals surface area contributed by atoms with Crippen molar-refractivity contribution < 1.29 is 4.79 Å². The van der Waals surface area contributed by atoms with E-state index in [1.54, 1.807) is 6.92 Å². The van der Waals surface area contributed by atoms with Crippen LogP contribution in [0, 0.1) is 6.08 Å². The van der Waals surface area contributed by atoms with E-state index >= 15 is 0 Å². The van der Waals surface area contributed by atoms with E-state index in [2.05, 4.69) is 6.08 Å². The summed E-state index contributed by atoms with van der Waals surface area (Å²) in [6, 6.07) is 5.80. The van der Waals surface area contributed by atoms with Crippen molar-refractivity contribution in [2.24, 2.45) is 0 Å². The normalized spacial score (nSPS) is 13.1. The molecule has 0 spiro atoms. The van der Waals surface area contributed by atoms with Crippen molar-refractivity contribution in [3.8, 4) is 0 Å². The van der Waals surface area contributed by atoms with E-state index in [-0.39, 0.29) is 5.78 Å². The second kappa shape index (κ2) is 2.59. The minimum atomic E-state index is 0.129. The molecule has 0 N–H and O–H groups in total. The minimum Gasteiger partial charge on any atom is -0.295 e. The Kier molecular flexibility index (Phi) is 1.58. The van der Waals surface area contributed by atoms with E-state index in [9.17, 15) is 4.79 Å². The summed E-state index contributed by atoms with van der Waals surface area (Å²) in [4.78, 5) is 11.0. The first kappa shape index (κ1) is 7.29. The lowest BCUT2D eigenvalue weighted by molar-refractivity contribution is 0.101. The zero-order valence-electron chi connectivity index (χ0n) is 6.92. The van der Waals surface area contributed by atoms with Crippen LogP contribution in [0.1, 0.15) is 28.4 Å². The fraction of sp³-hybridized carbons (Fsp3) is 0.182. The van der Waals surface area contributed by atoms with Crippen LogP contribution in [0.25, 0.3) is 6.08 Å². The second-order valence-corrected chi connectivity index (χ2v) is 3.00. The van der Waals surface area contributed by atoms with Gasteiger partial charge in [-0.2, -0.15) is 0 Å². The molecule has 1 aliphatic rings. The van der Waals surface area contributed by atoms with Crippen LogP contribution in [0.2, 0.25) is 0 Å². The maximum atomic E-state index is 11.0. The van der Waals surface area contributed by atoms with Crippen molar-refractivity contribution in [2.45, 2.75) is 13.3 Å². The summed E-state index contributed by atoms with van der Waals surface area (Å²) >= 11 is 0. The highest BCUT2D eigenvalue weighted by atomic mass is 16.1. The standard InChI is InChI=1S/C11H9O/c1-8(12)10-6-5-9-3-2-4-11(9)7-10/h3,5-7H,4H2,1H3. The topological polar surface area (TPSA) is 17.1 Å². The Morgan fingerprint density at radius 1 is 1.50 bits per heavy atom. The Morgan fingerprint density at radius 2 is 2.33 bits per heavy atom. The van der Waals surface area contributed by atoms with Gasteiger partial charge in [0, 0.05) is 5.56 Å². The van der Waals surface area contributed by atoms with Crippen LogP contribution in [-0.2, 0) is 6.42 Å². The molecule has 1 heteroatoms. The van der Waals surface area contributed by atoms with E-state index in [0.717, 1.165) is 12.0 Å². The Morgan fingerprint density at radius 3 is 3.08 bits per heavy atom. The molecular formula is C11H9O. The summed E-state index contributed by atoms with van der Waals surface area (Å²) in [7, 11) is 0. The number of benzene rings is 1. The SMILES string of the molecule is CC(=O)c1ccc2c(c1)C[C]=C2. The van der Waals surface area contributed by atoms with Crippen LogP contribution in [0.5, 0.6) is 0 Å². The monoisotopic (exact) mass is 157 g/mol. The van der Waals surface area contributed by atoms with Crippen molar-refractivity contribution in [1.82, 2.24) is 0 Å². The molecule has 1 aliphatic carbocycles. The van der Waals surface area contributed by atoms with Gasteiger partial charge in [-0.05, 0) is 36.6 Å². The first-order chi connectivity index (χ1) is 5.77. The molecule has 0 unspecified atom stereocenters. The molecule has 12 heavy (non-hydrogen) atoms. The molecule has 0 aromatic heterocycles. The number of rotatable bonds is 1. The molecule has 59 valence electrons. The van der Waals surface area contributed by atoms with Crippen molar-refractivity contribution in [2.75, 3.05) is 0 Å². The lowest BCUT2D eigenvalue weighted by Crippen LogP contribution is -1.93. The van der Waals surface area contributed by atoms with Crippen LogP contribution in [-0.4, -0.2) is 5.78 Å².